The van der Waals surface area contributed by atoms with Crippen LogP contribution in [0.15, 0.2) is 18.3 Å². The lowest BCUT2D eigenvalue weighted by atomic mass is 9.67. The number of likely N-dealkylation sites (tertiary alicyclic amines) is 1. The number of methoxy groups -OCH3 is 1. The molecule has 2 aliphatic rings. The number of hydrogen-bond acceptors (Lipinski definition) is 5. The van der Waals surface area contributed by atoms with Gasteiger partial charge in [-0.2, -0.15) is 5.10 Å². The van der Waals surface area contributed by atoms with E-state index in [0.29, 0.717) is 23.4 Å². The van der Waals surface area contributed by atoms with Gasteiger partial charge >= 0.3 is 6.09 Å². The van der Waals surface area contributed by atoms with Gasteiger partial charge in [0.05, 0.1) is 24.4 Å². The largest absolute Gasteiger partial charge is 0.495 e. The van der Waals surface area contributed by atoms with Crippen molar-refractivity contribution in [3.8, 4) is 5.75 Å². The predicted octanol–water partition coefficient (Wildman–Crippen LogP) is 2.81. The highest BCUT2D eigenvalue weighted by atomic mass is 16.6. The molecule has 2 fully saturated rings. The van der Waals surface area contributed by atoms with E-state index < -0.39 is 5.60 Å². The van der Waals surface area contributed by atoms with Gasteiger partial charge in [-0.1, -0.05) is 0 Å². The van der Waals surface area contributed by atoms with Crippen LogP contribution >= 0.6 is 0 Å². The second kappa shape index (κ2) is 5.28. The number of carbonyl (C=O) groups is 1. The quantitative estimate of drug-likeness (QED) is 0.847. The van der Waals surface area contributed by atoms with Crippen LogP contribution < -0.4 is 10.5 Å². The minimum Gasteiger partial charge on any atom is -0.495 e. The van der Waals surface area contributed by atoms with Crippen molar-refractivity contribution >= 4 is 22.7 Å². The Kier molecular flexibility index (Phi) is 3.39. The third-order valence-electron chi connectivity index (χ3n) is 5.12. The molecule has 134 valence electrons. The summed E-state index contributed by atoms with van der Waals surface area (Å²) in [6, 6.07) is 4.35. The Morgan fingerprint density at radius 3 is 2.68 bits per heavy atom. The average Bonchev–Trinajstić information content (AvgIpc) is 2.88. The molecule has 7 heteroatoms. The van der Waals surface area contributed by atoms with Crippen LogP contribution in [0.25, 0.3) is 10.9 Å². The third-order valence-corrected chi connectivity index (χ3v) is 5.12. The van der Waals surface area contributed by atoms with Crippen molar-refractivity contribution in [2.45, 2.75) is 44.9 Å². The molecule has 1 saturated heterocycles. The van der Waals surface area contributed by atoms with Gasteiger partial charge in [-0.05, 0) is 33.3 Å². The average molecular weight is 344 g/mol. The highest BCUT2D eigenvalue weighted by Gasteiger charge is 2.56. The van der Waals surface area contributed by atoms with E-state index >= 15 is 0 Å². The van der Waals surface area contributed by atoms with E-state index in [2.05, 4.69) is 5.10 Å². The van der Waals surface area contributed by atoms with Gasteiger partial charge in [-0.25, -0.2) is 4.79 Å². The summed E-state index contributed by atoms with van der Waals surface area (Å²) in [6.45, 7) is 6.40. The number of aromatic nitrogens is 2. The third kappa shape index (κ3) is 2.58. The molecule has 1 aromatic heterocycles. The van der Waals surface area contributed by atoms with E-state index in [-0.39, 0.29) is 12.1 Å². The number of carbonyl (C=O) groups excluding carboxylic acids is 1. The van der Waals surface area contributed by atoms with Crippen LogP contribution in [0.1, 0.15) is 33.2 Å². The van der Waals surface area contributed by atoms with Crippen LogP contribution in [0.4, 0.5) is 10.5 Å². The van der Waals surface area contributed by atoms with Crippen LogP contribution in [0.3, 0.4) is 0 Å². The van der Waals surface area contributed by atoms with Gasteiger partial charge in [0.2, 0.25) is 0 Å². The highest BCUT2D eigenvalue weighted by Crippen LogP contribution is 2.50. The summed E-state index contributed by atoms with van der Waals surface area (Å²) < 4.78 is 12.7. The van der Waals surface area contributed by atoms with E-state index in [1.54, 1.807) is 7.11 Å². The molecule has 2 unspecified atom stereocenters. The summed E-state index contributed by atoms with van der Waals surface area (Å²) in [5.74, 6) is 1.09. The van der Waals surface area contributed by atoms with E-state index in [0.717, 1.165) is 23.9 Å². The summed E-state index contributed by atoms with van der Waals surface area (Å²) in [4.78, 5) is 14.0. The van der Waals surface area contributed by atoms with Gasteiger partial charge in [0.15, 0.2) is 0 Å². The summed E-state index contributed by atoms with van der Waals surface area (Å²) >= 11 is 0. The zero-order valence-corrected chi connectivity index (χ0v) is 15.0. The van der Waals surface area contributed by atoms with E-state index in [4.69, 9.17) is 15.2 Å². The summed E-state index contributed by atoms with van der Waals surface area (Å²) in [5, 5.41) is 5.68. The molecule has 7 nitrogen and oxygen atoms in total. The minimum absolute atomic E-state index is 0.213. The molecule has 3 atom stereocenters. The molecule has 2 heterocycles. The summed E-state index contributed by atoms with van der Waals surface area (Å²) in [7, 11) is 1.60. The molecule has 1 amide bonds. The van der Waals surface area contributed by atoms with Crippen molar-refractivity contribution in [2.75, 3.05) is 19.4 Å². The lowest BCUT2D eigenvalue weighted by Gasteiger charge is -2.59. The highest BCUT2D eigenvalue weighted by molar-refractivity contribution is 5.84. The molecule has 2 N–H and O–H groups in total. The number of amides is 1. The Hall–Kier alpha value is -2.44. The number of benzene rings is 1. The topological polar surface area (TPSA) is 82.6 Å². The lowest BCUT2D eigenvalue weighted by molar-refractivity contribution is -0.103. The van der Waals surface area contributed by atoms with Crippen molar-refractivity contribution in [3.63, 3.8) is 0 Å². The van der Waals surface area contributed by atoms with Crippen LogP contribution in [-0.2, 0) is 4.74 Å². The standard InChI is InChI=1S/C18H24N4O3/c1-18(2,3)25-17(23)21-9-11-14(21)7-15(11)22-8-10-5-12(19)16(24-4)6-13(10)20-22/h5-6,8,11,14-15H,7,9,19H2,1-4H3/t11?,14?,15-/m1/s1. The Morgan fingerprint density at radius 1 is 1.32 bits per heavy atom. The molecule has 2 aromatic rings. The number of nitrogens with zero attached hydrogens (tertiary/aromatic N) is 3. The van der Waals surface area contributed by atoms with Gasteiger partial charge in [0, 0.05) is 36.2 Å². The SMILES string of the molecule is COc1cc2nn([C@@H]3CC4C3CN4C(=O)OC(C)(C)C)cc2cc1N. The van der Waals surface area contributed by atoms with Gasteiger partial charge in [-0.15, -0.1) is 0 Å². The van der Waals surface area contributed by atoms with Crippen molar-refractivity contribution in [3.05, 3.63) is 18.3 Å². The number of nitrogen functional groups attached to an aromatic ring is 1. The first-order valence-electron chi connectivity index (χ1n) is 8.59. The van der Waals surface area contributed by atoms with Gasteiger partial charge in [-0.3, -0.25) is 4.68 Å². The molecule has 4 rings (SSSR count). The normalized spacial score (nSPS) is 25.1. The molecule has 1 saturated carbocycles. The molecule has 1 aromatic carbocycles. The van der Waals surface area contributed by atoms with Crippen LogP contribution in [0, 0.1) is 5.92 Å². The van der Waals surface area contributed by atoms with Crippen LogP contribution in [0.5, 0.6) is 5.75 Å². The number of ether oxygens (including phenoxy) is 2. The number of piperidine rings is 1. The van der Waals surface area contributed by atoms with Crippen molar-refractivity contribution in [1.82, 2.24) is 14.7 Å². The molecular formula is C18H24N4O3. The van der Waals surface area contributed by atoms with E-state index in [1.165, 1.54) is 0 Å². The maximum atomic E-state index is 12.2. The number of hydrogen-bond donors (Lipinski definition) is 1. The first-order valence-corrected chi connectivity index (χ1v) is 8.59. The number of anilines is 1. The fourth-order valence-corrected chi connectivity index (χ4v) is 3.75. The predicted molar refractivity (Wildman–Crippen MR) is 94.6 cm³/mol. The molecule has 0 bridgehead atoms. The fraction of sp³-hybridized carbons (Fsp3) is 0.556. The number of rotatable bonds is 2. The lowest BCUT2D eigenvalue weighted by Crippen LogP contribution is -2.68. The number of nitrogens with two attached hydrogens (primary N) is 1. The first kappa shape index (κ1) is 16.1. The summed E-state index contributed by atoms with van der Waals surface area (Å²) in [5.41, 5.74) is 7.00. The molecule has 0 spiro atoms. The van der Waals surface area contributed by atoms with Gasteiger partial charge in [0.1, 0.15) is 11.4 Å². The monoisotopic (exact) mass is 344 g/mol. The maximum Gasteiger partial charge on any atom is 0.410 e. The Balaban J connectivity index is 1.46. The fourth-order valence-electron chi connectivity index (χ4n) is 3.75. The second-order valence-electron chi connectivity index (χ2n) is 7.93. The molecule has 1 aliphatic carbocycles. The Morgan fingerprint density at radius 2 is 2.08 bits per heavy atom. The molecule has 1 aliphatic heterocycles. The first-order chi connectivity index (χ1) is 11.8. The second-order valence-corrected chi connectivity index (χ2v) is 7.93. The van der Waals surface area contributed by atoms with Gasteiger partial charge in [0.25, 0.3) is 0 Å². The Bertz CT molecular complexity index is 839. The van der Waals surface area contributed by atoms with Gasteiger partial charge < -0.3 is 20.1 Å². The van der Waals surface area contributed by atoms with Crippen LogP contribution in [-0.4, -0.2) is 46.1 Å². The van der Waals surface area contributed by atoms with E-state index in [1.807, 2.05) is 48.7 Å². The Labute approximate surface area is 146 Å². The summed E-state index contributed by atoms with van der Waals surface area (Å²) in [6.07, 6.45) is 2.72. The van der Waals surface area contributed by atoms with Crippen molar-refractivity contribution in [1.29, 1.82) is 0 Å². The van der Waals surface area contributed by atoms with Crippen molar-refractivity contribution in [2.24, 2.45) is 5.92 Å². The smallest absolute Gasteiger partial charge is 0.410 e. The zero-order chi connectivity index (χ0) is 17.9. The molecule has 25 heavy (non-hydrogen) atoms. The van der Waals surface area contributed by atoms with Crippen LogP contribution in [0.2, 0.25) is 0 Å². The maximum absolute atomic E-state index is 12.2. The number of fused-ring (bicyclic) bond motifs is 2. The van der Waals surface area contributed by atoms with Crippen molar-refractivity contribution < 1.29 is 14.3 Å². The molecule has 0 radical (unpaired) electrons. The minimum atomic E-state index is -0.454. The zero-order valence-electron chi connectivity index (χ0n) is 15.0. The molecular weight excluding hydrogens is 320 g/mol. The van der Waals surface area contributed by atoms with E-state index in [9.17, 15) is 4.79 Å².